The van der Waals surface area contributed by atoms with Gasteiger partial charge in [-0.2, -0.15) is 0 Å². The smallest absolute Gasteiger partial charge is 0.335 e. The van der Waals surface area contributed by atoms with E-state index in [1.807, 2.05) is 23.1 Å². The average molecular weight is 442 g/mol. The molecule has 2 fully saturated rings. The van der Waals surface area contributed by atoms with Crippen molar-refractivity contribution in [2.24, 2.45) is 5.73 Å². The Kier molecular flexibility index (Phi) is 5.95. The minimum absolute atomic E-state index is 0.0106. The molecule has 1 aliphatic carbocycles. The van der Waals surface area contributed by atoms with Crippen molar-refractivity contribution in [3.8, 4) is 0 Å². The third-order valence-electron chi connectivity index (χ3n) is 6.93. The number of carbonyl (C=O) groups is 2. The quantitative estimate of drug-likeness (QED) is 0.714. The largest absolute Gasteiger partial charge is 0.478 e. The molecule has 31 heavy (non-hydrogen) atoms. The summed E-state index contributed by atoms with van der Waals surface area (Å²) < 4.78 is 0. The molecule has 0 radical (unpaired) electrons. The lowest BCUT2D eigenvalue weighted by Crippen LogP contribution is -2.48. The molecule has 2 aromatic carbocycles. The second-order valence-electron chi connectivity index (χ2n) is 8.73. The number of aromatic carboxylic acids is 1. The number of urea groups is 1. The Bertz CT molecular complexity index is 970. The van der Waals surface area contributed by atoms with Gasteiger partial charge in [0.25, 0.3) is 0 Å². The van der Waals surface area contributed by atoms with Crippen LogP contribution in [0.2, 0.25) is 5.02 Å². The molecule has 0 unspecified atom stereocenters. The van der Waals surface area contributed by atoms with Crippen LogP contribution in [0.15, 0.2) is 48.5 Å². The van der Waals surface area contributed by atoms with Crippen LogP contribution >= 0.6 is 11.6 Å². The molecule has 1 saturated heterocycles. The fourth-order valence-corrected chi connectivity index (χ4v) is 5.33. The molecule has 0 spiro atoms. The first-order valence-electron chi connectivity index (χ1n) is 10.7. The van der Waals surface area contributed by atoms with Crippen LogP contribution in [0.1, 0.15) is 48.5 Å². The van der Waals surface area contributed by atoms with Crippen molar-refractivity contribution in [3.05, 3.63) is 64.7 Å². The zero-order chi connectivity index (χ0) is 22.2. The average Bonchev–Trinajstić information content (AvgIpc) is 3.07. The first-order valence-corrected chi connectivity index (χ1v) is 11.1. The molecule has 0 bridgehead atoms. The molecule has 3 N–H and O–H groups in total. The number of rotatable bonds is 5. The summed E-state index contributed by atoms with van der Waals surface area (Å²) in [4.78, 5) is 28.1. The van der Waals surface area contributed by atoms with Crippen molar-refractivity contribution in [1.82, 2.24) is 4.90 Å². The first kappa shape index (κ1) is 21.7. The number of hydrogen-bond donors (Lipinski definition) is 2. The minimum atomic E-state index is -0.973. The highest BCUT2D eigenvalue weighted by Gasteiger charge is 2.44. The van der Waals surface area contributed by atoms with Gasteiger partial charge in [-0.1, -0.05) is 23.7 Å². The molecule has 2 aromatic rings. The summed E-state index contributed by atoms with van der Waals surface area (Å²) in [5.74, 6) is -0.973. The van der Waals surface area contributed by atoms with Crippen LogP contribution < -0.4 is 10.6 Å². The molecule has 6 nitrogen and oxygen atoms in total. The van der Waals surface area contributed by atoms with Crippen molar-refractivity contribution in [3.63, 3.8) is 0 Å². The molecular weight excluding hydrogens is 414 g/mol. The van der Waals surface area contributed by atoms with Gasteiger partial charge in [-0.3, -0.25) is 4.90 Å². The van der Waals surface area contributed by atoms with Gasteiger partial charge in [0.05, 0.1) is 5.56 Å². The van der Waals surface area contributed by atoms with Gasteiger partial charge in [-0.15, -0.1) is 0 Å². The Hall–Kier alpha value is -2.57. The van der Waals surface area contributed by atoms with Crippen LogP contribution in [-0.4, -0.2) is 47.2 Å². The Morgan fingerprint density at radius 2 is 1.87 bits per heavy atom. The lowest BCUT2D eigenvalue weighted by molar-refractivity contribution is 0.0697. The predicted octanol–water partition coefficient (Wildman–Crippen LogP) is 4.51. The zero-order valence-corrected chi connectivity index (χ0v) is 18.4. The Morgan fingerprint density at radius 1 is 1.19 bits per heavy atom. The summed E-state index contributed by atoms with van der Waals surface area (Å²) in [5, 5.41) is 9.83. The molecule has 4 rings (SSSR count). The highest BCUT2D eigenvalue weighted by molar-refractivity contribution is 6.30. The number of nitrogens with zero attached hydrogens (tertiary/aromatic N) is 2. The second kappa shape index (κ2) is 8.52. The van der Waals surface area contributed by atoms with E-state index >= 15 is 0 Å². The maximum atomic E-state index is 13.3. The molecule has 2 amide bonds. The molecule has 2 aliphatic rings. The molecule has 7 heteroatoms. The van der Waals surface area contributed by atoms with E-state index in [1.54, 1.807) is 29.2 Å². The molecule has 1 aliphatic heterocycles. The number of anilines is 1. The number of amides is 2. The minimum Gasteiger partial charge on any atom is -0.478 e. The Balaban J connectivity index is 1.48. The Labute approximate surface area is 187 Å². The van der Waals surface area contributed by atoms with Gasteiger partial charge in [0.1, 0.15) is 0 Å². The third kappa shape index (κ3) is 4.02. The first-order chi connectivity index (χ1) is 14.8. The van der Waals surface area contributed by atoms with Gasteiger partial charge in [0.15, 0.2) is 0 Å². The van der Waals surface area contributed by atoms with E-state index in [1.165, 1.54) is 5.56 Å². The van der Waals surface area contributed by atoms with Gasteiger partial charge in [0, 0.05) is 41.3 Å². The number of halogens is 1. The van der Waals surface area contributed by atoms with Crippen molar-refractivity contribution in [2.75, 3.05) is 18.0 Å². The lowest BCUT2D eigenvalue weighted by atomic mass is 9.68. The summed E-state index contributed by atoms with van der Waals surface area (Å²) in [5.41, 5.74) is 8.26. The fourth-order valence-electron chi connectivity index (χ4n) is 5.14. The van der Waals surface area contributed by atoms with Gasteiger partial charge < -0.3 is 15.7 Å². The van der Waals surface area contributed by atoms with E-state index in [0.717, 1.165) is 36.4 Å². The van der Waals surface area contributed by atoms with Crippen molar-refractivity contribution >= 4 is 29.3 Å². The van der Waals surface area contributed by atoms with Crippen molar-refractivity contribution in [2.45, 2.75) is 50.1 Å². The van der Waals surface area contributed by atoms with E-state index in [-0.39, 0.29) is 29.1 Å². The van der Waals surface area contributed by atoms with E-state index in [2.05, 4.69) is 13.0 Å². The van der Waals surface area contributed by atoms with Crippen molar-refractivity contribution in [1.29, 1.82) is 0 Å². The monoisotopic (exact) mass is 441 g/mol. The maximum Gasteiger partial charge on any atom is 0.335 e. The predicted molar refractivity (Wildman–Crippen MR) is 122 cm³/mol. The third-order valence-corrected chi connectivity index (χ3v) is 7.17. The Morgan fingerprint density at radius 3 is 2.45 bits per heavy atom. The maximum absolute atomic E-state index is 13.3. The molecule has 1 heterocycles. The highest BCUT2D eigenvalue weighted by atomic mass is 35.5. The number of carbonyl (C=O) groups excluding carboxylic acids is 1. The van der Waals surface area contributed by atoms with Crippen molar-refractivity contribution < 1.29 is 14.7 Å². The van der Waals surface area contributed by atoms with Crippen LogP contribution in [0.4, 0.5) is 10.5 Å². The second-order valence-corrected chi connectivity index (χ2v) is 9.16. The summed E-state index contributed by atoms with van der Waals surface area (Å²) in [6, 6.07) is 14.7. The van der Waals surface area contributed by atoms with E-state index in [4.69, 9.17) is 22.4 Å². The molecular formula is C24H28ClN3O3. The fraction of sp³-hybridized carbons (Fsp3) is 0.417. The number of benzene rings is 2. The SMILES string of the molecule is C[C@@H]1CN(c2ccc(C(=O)O)cc2)C(=O)N1C1CCC(CN)(c2cccc(Cl)c2)CC1. The van der Waals surface area contributed by atoms with Gasteiger partial charge in [-0.05, 0) is 74.6 Å². The summed E-state index contributed by atoms with van der Waals surface area (Å²) in [6.07, 6.45) is 3.62. The highest BCUT2D eigenvalue weighted by Crippen LogP contribution is 2.42. The van der Waals surface area contributed by atoms with Crippen LogP contribution in [0.3, 0.4) is 0 Å². The lowest BCUT2D eigenvalue weighted by Gasteiger charge is -2.43. The topological polar surface area (TPSA) is 86.9 Å². The normalized spacial score (nSPS) is 26.4. The van der Waals surface area contributed by atoms with Gasteiger partial charge in [0.2, 0.25) is 0 Å². The van der Waals surface area contributed by atoms with Crippen LogP contribution in [0, 0.1) is 0 Å². The summed E-state index contributed by atoms with van der Waals surface area (Å²) in [6.45, 7) is 3.23. The van der Waals surface area contributed by atoms with E-state index in [9.17, 15) is 9.59 Å². The molecule has 0 aromatic heterocycles. The van der Waals surface area contributed by atoms with E-state index in [0.29, 0.717) is 13.1 Å². The number of carboxylic acids is 1. The number of nitrogens with two attached hydrogens (primary N) is 1. The van der Waals surface area contributed by atoms with Gasteiger partial charge in [-0.25, -0.2) is 9.59 Å². The van der Waals surface area contributed by atoms with Crippen LogP contribution in [0.5, 0.6) is 0 Å². The zero-order valence-electron chi connectivity index (χ0n) is 17.6. The number of carboxylic acid groups (broad SMARTS) is 1. The van der Waals surface area contributed by atoms with E-state index < -0.39 is 5.97 Å². The molecule has 1 saturated carbocycles. The summed E-state index contributed by atoms with van der Waals surface area (Å²) in [7, 11) is 0. The summed E-state index contributed by atoms with van der Waals surface area (Å²) >= 11 is 6.22. The van der Waals surface area contributed by atoms with Crippen LogP contribution in [-0.2, 0) is 5.41 Å². The van der Waals surface area contributed by atoms with Gasteiger partial charge >= 0.3 is 12.0 Å². The standard InChI is InChI=1S/C24H28ClN3O3/c1-16-14-27(20-7-5-17(6-8-20)22(29)30)23(31)28(16)21-9-11-24(15-26,12-10-21)18-3-2-4-19(25)13-18/h2-8,13,16,21H,9-12,14-15,26H2,1H3,(H,29,30)/t16-,21?,24?/m1/s1. The number of hydrogen-bond acceptors (Lipinski definition) is 3. The molecule has 164 valence electrons. The molecule has 1 atom stereocenters. The van der Waals surface area contributed by atoms with Crippen LogP contribution in [0.25, 0.3) is 0 Å².